The Morgan fingerprint density at radius 2 is 0.948 bits per heavy atom. The normalized spacial score (nSPS) is 15.9. The van der Waals surface area contributed by atoms with E-state index < -0.39 is 61.9 Å². The van der Waals surface area contributed by atoms with Crippen molar-refractivity contribution in [3.8, 4) is 33.8 Å². The molecule has 0 radical (unpaired) electrons. The molecule has 0 saturated carbocycles. The minimum absolute atomic E-state index is 0. The minimum atomic E-state index is -3.41. The SMILES string of the molecule is CC(=O)c1nc2c(F)cc(-c3nc(Cl)ncc3Cl)cc2n1C(C)C.CC(=O)c1nc2c(F)cc(-c3nc(N[C@@H]4CCN(S(C)(=O)=O)C[C@H]4O)ncc3Cl)cc2n1C(C)C.CC(O)c1nc2c(F)cc(-c3nc(Cl)ncc3Cl)cc2n1C(C)C.CCC(I)(I)I.CCC(I)I.CCCI.CI.CS(=O)(=O)N1CC[C@@H](N)[C@H](O)C1.N=S.[Ar]. The van der Waals surface area contributed by atoms with E-state index in [-0.39, 0.29) is 159 Å². The zero-order valence-corrected chi connectivity index (χ0v) is 86.9. The quantitative estimate of drug-likeness (QED) is 0.0226. The molecule has 0 amide bonds. The van der Waals surface area contributed by atoms with E-state index in [9.17, 15) is 50.5 Å². The van der Waals surface area contributed by atoms with Crippen LogP contribution in [0.1, 0.15) is 166 Å². The van der Waals surface area contributed by atoms with Crippen molar-refractivity contribution in [2.45, 2.75) is 165 Å². The molecule has 2 fully saturated rings. The number of aromatic nitrogens is 12. The predicted octanol–water partition coefficient (Wildman–Crippen LogP) is 19.6. The van der Waals surface area contributed by atoms with E-state index in [2.05, 4.69) is 242 Å². The first-order valence-corrected chi connectivity index (χ1v) is 50.0. The van der Waals surface area contributed by atoms with Gasteiger partial charge in [0.2, 0.25) is 36.6 Å². The molecule has 2 aliphatic rings. The maximum Gasteiger partial charge on any atom is 0.223 e. The fourth-order valence-corrected chi connectivity index (χ4v) is 13.3. The van der Waals surface area contributed by atoms with Crippen LogP contribution >= 0.6 is 216 Å². The molecule has 1 unspecified atom stereocenters. The maximum atomic E-state index is 15.1. The number of hydrogen-bond donors (Lipinski definition) is 6. The van der Waals surface area contributed by atoms with Crippen LogP contribution in [0.15, 0.2) is 55.0 Å². The van der Waals surface area contributed by atoms with Crippen LogP contribution in [-0.4, -0.2) is 185 Å². The first-order chi connectivity index (χ1) is 53.1. The number of alkyl halides is 7. The van der Waals surface area contributed by atoms with Gasteiger partial charge in [-0.25, -0.2) is 79.6 Å². The Kier molecular flexibility index (Phi) is 50.1. The average Bonchev–Trinajstić information content (AvgIpc) is 1.63. The van der Waals surface area contributed by atoms with E-state index >= 15 is 4.39 Å². The van der Waals surface area contributed by atoms with Crippen LogP contribution in [0.4, 0.5) is 19.1 Å². The van der Waals surface area contributed by atoms with Crippen LogP contribution in [0.5, 0.6) is 0 Å². The first-order valence-electron chi connectivity index (χ1n) is 34.6. The van der Waals surface area contributed by atoms with Gasteiger partial charge in [0.15, 0.2) is 40.7 Å². The fraction of sp³-hybridized carbons (Fsp3) is 0.500. The topological polar surface area (TPSA) is 362 Å². The van der Waals surface area contributed by atoms with Crippen LogP contribution in [0, 0.1) is 60.0 Å². The van der Waals surface area contributed by atoms with Crippen molar-refractivity contribution in [1.29, 1.82) is 4.78 Å². The molecule has 26 nitrogen and oxygen atoms in total. The van der Waals surface area contributed by atoms with Crippen LogP contribution in [0.2, 0.25) is 25.6 Å². The molecule has 0 aliphatic carbocycles. The number of aliphatic hydroxyl groups is 3. The third kappa shape index (κ3) is 33.2. The van der Waals surface area contributed by atoms with E-state index in [1.807, 2.05) is 46.5 Å². The molecule has 6 aromatic heterocycles. The molecule has 2 saturated heterocycles. The summed E-state index contributed by atoms with van der Waals surface area (Å²) in [6.07, 6.45) is 8.49. The summed E-state index contributed by atoms with van der Waals surface area (Å²) in [4.78, 5) is 62.9. The number of carbonyl (C=O) groups is 2. The summed E-state index contributed by atoms with van der Waals surface area (Å²) < 4.78 is 105. The molecule has 115 heavy (non-hydrogen) atoms. The van der Waals surface area contributed by atoms with Crippen molar-refractivity contribution < 1.29 is 92.7 Å². The van der Waals surface area contributed by atoms with Gasteiger partial charge in [0.1, 0.15) is 27.9 Å². The molecular weight excluding hydrogens is 2480 g/mol. The van der Waals surface area contributed by atoms with Crippen molar-refractivity contribution >= 4 is 299 Å². The number of nitrogens with zero attached hydrogens (tertiary/aromatic N) is 14. The third-order valence-electron chi connectivity index (χ3n) is 16.1. The number of Topliss-reactive ketones (excluding diaryl/α,β-unsaturated/α-hetero) is 2. The Balaban J connectivity index is 0.000000499. The number of sulfonamides is 2. The summed E-state index contributed by atoms with van der Waals surface area (Å²) in [6.45, 7) is 23.1. The number of rotatable bonds is 16. The molecule has 0 spiro atoms. The van der Waals surface area contributed by atoms with Gasteiger partial charge in [-0.3, -0.25) is 9.59 Å². The second kappa shape index (κ2) is 52.0. The summed E-state index contributed by atoms with van der Waals surface area (Å²) in [5.74, 6) is -1.27. The number of halogens is 15. The van der Waals surface area contributed by atoms with Gasteiger partial charge in [-0.1, -0.05) is 214 Å². The number of β-amino-alcohol motifs (C(OH)–C–C–N with tert-alkyl or cyclic N) is 2. The van der Waals surface area contributed by atoms with Crippen LogP contribution < -0.4 is 11.1 Å². The zero-order chi connectivity index (χ0) is 87.1. The second-order valence-electron chi connectivity index (χ2n) is 25.9. The molecule has 11 rings (SSSR count). The smallest absolute Gasteiger partial charge is 0.223 e. The monoisotopic (exact) mass is 2570 g/mol. The number of ketones is 2. The Bertz CT molecular complexity index is 4960. The van der Waals surface area contributed by atoms with Crippen LogP contribution in [-0.2, 0) is 32.5 Å². The van der Waals surface area contributed by atoms with Gasteiger partial charge in [0.25, 0.3) is 0 Å². The molecule has 0 bridgehead atoms. The number of benzene rings is 3. The Hall–Kier alpha value is -0.260. The van der Waals surface area contributed by atoms with E-state index in [4.69, 9.17) is 68.5 Å². The zero-order valence-electron chi connectivity index (χ0n) is 64.8. The molecule has 5 atom stereocenters. The number of piperidine rings is 2. The number of anilines is 1. The molecule has 9 aromatic rings. The van der Waals surface area contributed by atoms with Gasteiger partial charge >= 0.3 is 0 Å². The molecule has 8 heterocycles. The summed E-state index contributed by atoms with van der Waals surface area (Å²) in [5, 5.41) is 33.5. The van der Waals surface area contributed by atoms with Crippen molar-refractivity contribution in [3.63, 3.8) is 0 Å². The molecule has 45 heteroatoms. The number of carbonyl (C=O) groups excluding carboxylic acids is 2. The third-order valence-corrected chi connectivity index (χ3v) is 25.0. The molecule has 640 valence electrons. The van der Waals surface area contributed by atoms with E-state index in [0.29, 0.717) is 69.3 Å². The fourth-order valence-electron chi connectivity index (χ4n) is 10.8. The number of nitrogens with two attached hydrogens (primary N) is 1. The van der Waals surface area contributed by atoms with E-state index in [0.717, 1.165) is 14.4 Å². The van der Waals surface area contributed by atoms with Crippen molar-refractivity contribution in [2.75, 3.05) is 53.4 Å². The Morgan fingerprint density at radius 1 is 0.617 bits per heavy atom. The largest absolute Gasteiger partial charge is 0.390 e. The number of hydrogen-bond acceptors (Lipinski definition) is 22. The summed E-state index contributed by atoms with van der Waals surface area (Å²) >= 11 is 50.1. The summed E-state index contributed by atoms with van der Waals surface area (Å²) in [5.41, 5.74) is 9.60. The standard InChI is InChI=1S/C22H26ClFN6O4S.C16H15Cl2FN4O.C16H13Cl2FN4O.C6H14N2O3S.C3H5I3.C3H6I2.C3H7I.CH3I.Ar.HNS/c1-11(2)30-17-8-13(7-15(24)20(17)27-21(30)12(3)31)19-14(23)9-25-22(28-19)26-16-5-6-29(10-18(16)32)35(4,33)34;2*1-7(2)23-12-5-9(13-10(17)6-20-16(18)22-13)4-11(19)14(12)21-15(23)8(3)24;1-12(10,11)8-3-2-5(7)6(9)4-8;1-2-3(4,5)6;1-2-3(4)5;1-2-3-4;1-2;;1-2/h7-9,11,16,18,32H,5-6,10H2,1-4H3,(H,25,26,28);4-8,24H,1-3H3;4-7H,1-3H3;5-6,9H,2-4,7H2,1H3;2H2,1H3;3H,2H2,1H3;2-3H2,1H3;1H3;;1H/t16-,18-;;;5-,6-;;;;;;/m1..1....../s1. The Labute approximate surface area is 825 Å². The van der Waals surface area contributed by atoms with Gasteiger partial charge in [-0.15, -0.1) is 0 Å². The number of fused-ring (bicyclic) bond motifs is 3. The first kappa shape index (κ1) is 111. The van der Waals surface area contributed by atoms with Gasteiger partial charge in [-0.2, -0.15) is 8.61 Å². The van der Waals surface area contributed by atoms with Crippen LogP contribution in [0.25, 0.3) is 66.9 Å². The van der Waals surface area contributed by atoms with Crippen molar-refractivity contribution in [2.24, 2.45) is 5.73 Å². The Morgan fingerprint density at radius 3 is 1.25 bits per heavy atom. The number of nitrogens with one attached hydrogen (secondary N) is 2. The maximum absolute atomic E-state index is 15.1. The molecular formula is C70H90ArCl5F3I7N17O9S3. The minimum Gasteiger partial charge on any atom is -0.390 e. The van der Waals surface area contributed by atoms with E-state index in [1.165, 1.54) is 82.9 Å². The van der Waals surface area contributed by atoms with Crippen LogP contribution in [0.3, 0.4) is 0 Å². The van der Waals surface area contributed by atoms with E-state index in [1.54, 1.807) is 38.8 Å². The van der Waals surface area contributed by atoms with Crippen molar-refractivity contribution in [3.05, 3.63) is 116 Å². The van der Waals surface area contributed by atoms with Gasteiger partial charge in [0.05, 0.1) is 100.0 Å². The van der Waals surface area contributed by atoms with Gasteiger partial charge < -0.3 is 40.1 Å². The summed E-state index contributed by atoms with van der Waals surface area (Å²) in [6, 6.07) is 7.92. The average molecular weight is 2570 g/mol. The second-order valence-corrected chi connectivity index (χ2v) is 49.9. The number of imidazole rings is 3. The van der Waals surface area contributed by atoms with Gasteiger partial charge in [-0.05, 0) is 150 Å². The number of aliphatic hydroxyl groups excluding tert-OH is 3. The van der Waals surface area contributed by atoms with Gasteiger partial charge in [0, 0.05) is 131 Å². The molecule has 2 aliphatic heterocycles. The molecule has 3 aromatic carbocycles. The molecule has 7 N–H and O–H groups in total. The predicted molar refractivity (Wildman–Crippen MR) is 515 cm³/mol. The van der Waals surface area contributed by atoms with Crippen molar-refractivity contribution in [1.82, 2.24) is 67.2 Å². The summed E-state index contributed by atoms with van der Waals surface area (Å²) in [7, 11) is -6.57.